The van der Waals surface area contributed by atoms with Crippen molar-refractivity contribution in [3.63, 3.8) is 0 Å². The molecular weight excluding hydrogens is 194 g/mol. The fourth-order valence-electron chi connectivity index (χ4n) is 3.13. The molecule has 88 valence electrons. The van der Waals surface area contributed by atoms with Crippen LogP contribution in [0.2, 0.25) is 0 Å². The molecule has 1 aliphatic rings. The molecule has 0 aliphatic heterocycles. The van der Waals surface area contributed by atoms with E-state index in [0.29, 0.717) is 0 Å². The van der Waals surface area contributed by atoms with Gasteiger partial charge in [-0.1, -0.05) is 36.8 Å². The maximum absolute atomic E-state index is 2.34. The average molecular weight is 218 g/mol. The van der Waals surface area contributed by atoms with Gasteiger partial charge in [-0.15, -0.1) is 0 Å². The van der Waals surface area contributed by atoms with Gasteiger partial charge in [0.1, 0.15) is 0 Å². The lowest BCUT2D eigenvalue weighted by Gasteiger charge is -2.42. The number of benzene rings is 1. The second-order valence-electron chi connectivity index (χ2n) is 5.99. The molecule has 1 heteroatoms. The first-order chi connectivity index (χ1) is 7.59. The molecule has 0 saturated heterocycles. The van der Waals surface area contributed by atoms with Crippen LogP contribution < -0.4 is 0 Å². The molecule has 1 saturated carbocycles. The Bertz CT molecular complexity index is 323. The van der Waals surface area contributed by atoms with Gasteiger partial charge in [0.15, 0.2) is 0 Å². The summed E-state index contributed by atoms with van der Waals surface area (Å²) in [5.41, 5.74) is 1.54. The Morgan fingerprint density at radius 2 is 1.56 bits per heavy atom. The minimum atomic E-state index is 0.759. The monoisotopic (exact) mass is 218 g/mol. The molecule has 0 N–H and O–H groups in total. The van der Waals surface area contributed by atoms with Crippen molar-refractivity contribution in [1.29, 1.82) is 0 Å². The van der Waals surface area contributed by atoms with Crippen molar-refractivity contribution in [2.45, 2.75) is 37.6 Å². The molecule has 0 heterocycles. The number of hydrogen-bond donors (Lipinski definition) is 0. The summed E-state index contributed by atoms with van der Waals surface area (Å²) in [5, 5.41) is 0. The van der Waals surface area contributed by atoms with Crippen molar-refractivity contribution in [2.24, 2.45) is 0 Å². The smallest absolute Gasteiger partial charge is 0.0953 e. The summed E-state index contributed by atoms with van der Waals surface area (Å²) in [6, 6.07) is 11.9. The van der Waals surface area contributed by atoms with Gasteiger partial charge < -0.3 is 4.48 Å². The second kappa shape index (κ2) is 4.58. The third-order valence-corrected chi connectivity index (χ3v) is 3.95. The molecule has 0 amide bonds. The molecule has 0 radical (unpaired) electrons. The van der Waals surface area contributed by atoms with Gasteiger partial charge in [0.25, 0.3) is 0 Å². The molecule has 1 aliphatic carbocycles. The minimum Gasteiger partial charge on any atom is -0.328 e. The number of rotatable bonds is 2. The molecule has 16 heavy (non-hydrogen) atoms. The van der Waals surface area contributed by atoms with Gasteiger partial charge in [0.2, 0.25) is 0 Å². The maximum atomic E-state index is 2.34. The van der Waals surface area contributed by atoms with E-state index in [0.717, 1.165) is 16.4 Å². The van der Waals surface area contributed by atoms with Gasteiger partial charge in [-0.25, -0.2) is 0 Å². The maximum Gasteiger partial charge on any atom is 0.0953 e. The Balaban J connectivity index is 2.24. The summed E-state index contributed by atoms with van der Waals surface area (Å²) in [7, 11) is 7.02. The number of quaternary nitrogens is 1. The average Bonchev–Trinajstić information content (AvgIpc) is 2.29. The predicted octanol–water partition coefficient (Wildman–Crippen LogP) is 3.42. The molecule has 0 unspecified atom stereocenters. The lowest BCUT2D eigenvalue weighted by molar-refractivity contribution is -0.899. The molecule has 1 nitrogen and oxygen atoms in total. The summed E-state index contributed by atoms with van der Waals surface area (Å²) >= 11 is 0. The van der Waals surface area contributed by atoms with Crippen LogP contribution >= 0.6 is 0 Å². The van der Waals surface area contributed by atoms with Gasteiger partial charge >= 0.3 is 0 Å². The van der Waals surface area contributed by atoms with Crippen molar-refractivity contribution in [3.05, 3.63) is 35.9 Å². The lowest BCUT2D eigenvalue weighted by atomic mass is 9.78. The normalized spacial score (nSPS) is 26.7. The van der Waals surface area contributed by atoms with E-state index in [-0.39, 0.29) is 0 Å². The number of nitrogens with zero attached hydrogens (tertiary/aromatic N) is 1. The summed E-state index contributed by atoms with van der Waals surface area (Å²) in [5.74, 6) is 0.759. The van der Waals surface area contributed by atoms with Gasteiger partial charge in [0, 0.05) is 12.3 Å². The van der Waals surface area contributed by atoms with Crippen LogP contribution in [-0.4, -0.2) is 31.7 Å². The van der Waals surface area contributed by atoms with E-state index in [4.69, 9.17) is 0 Å². The quantitative estimate of drug-likeness (QED) is 0.667. The van der Waals surface area contributed by atoms with Crippen LogP contribution in [0, 0.1) is 0 Å². The van der Waals surface area contributed by atoms with Crippen LogP contribution in [0.15, 0.2) is 30.3 Å². The van der Waals surface area contributed by atoms with Crippen LogP contribution in [0.4, 0.5) is 0 Å². The van der Waals surface area contributed by atoms with Crippen molar-refractivity contribution >= 4 is 0 Å². The highest BCUT2D eigenvalue weighted by Gasteiger charge is 2.35. The van der Waals surface area contributed by atoms with Crippen LogP contribution in [0.1, 0.15) is 37.2 Å². The van der Waals surface area contributed by atoms with Gasteiger partial charge in [-0.2, -0.15) is 0 Å². The SMILES string of the molecule is C[N+](C)(C)[C@@H]1CCCC[C@H]1c1ccccc1. The Hall–Kier alpha value is -0.820. The summed E-state index contributed by atoms with van der Waals surface area (Å²) in [6.45, 7) is 0. The molecule has 2 rings (SSSR count). The van der Waals surface area contributed by atoms with Gasteiger partial charge in [0.05, 0.1) is 27.2 Å². The van der Waals surface area contributed by atoms with E-state index in [1.165, 1.54) is 25.7 Å². The van der Waals surface area contributed by atoms with E-state index < -0.39 is 0 Å². The topological polar surface area (TPSA) is 0 Å². The van der Waals surface area contributed by atoms with Crippen LogP contribution in [0.25, 0.3) is 0 Å². The summed E-state index contributed by atoms with van der Waals surface area (Å²) in [6.07, 6.45) is 5.55. The zero-order chi connectivity index (χ0) is 11.6. The zero-order valence-corrected chi connectivity index (χ0v) is 10.8. The Morgan fingerprint density at radius 3 is 2.19 bits per heavy atom. The highest BCUT2D eigenvalue weighted by atomic mass is 15.3. The van der Waals surface area contributed by atoms with Crippen LogP contribution in [-0.2, 0) is 0 Å². The van der Waals surface area contributed by atoms with Crippen LogP contribution in [0.3, 0.4) is 0 Å². The molecule has 0 aromatic heterocycles. The summed E-state index contributed by atoms with van der Waals surface area (Å²) in [4.78, 5) is 0. The van der Waals surface area contributed by atoms with Crippen molar-refractivity contribution < 1.29 is 4.48 Å². The molecule has 1 aromatic rings. The Labute approximate surface area is 99.7 Å². The van der Waals surface area contributed by atoms with E-state index in [1.807, 2.05) is 0 Å². The Kier molecular flexibility index (Phi) is 3.34. The number of likely N-dealkylation sites (N-methyl/N-ethyl adjacent to an activating group) is 1. The summed E-state index contributed by atoms with van der Waals surface area (Å²) < 4.78 is 1.10. The molecule has 1 aromatic carbocycles. The highest BCUT2D eigenvalue weighted by Crippen LogP contribution is 2.37. The fraction of sp³-hybridized carbons (Fsp3) is 0.600. The standard InChI is InChI=1S/C15H24N/c1-16(2,3)15-12-8-7-11-14(15)13-9-5-4-6-10-13/h4-6,9-10,14-15H,7-8,11-12H2,1-3H3/q+1/t14-,15+/m0/s1. The van der Waals surface area contributed by atoms with E-state index in [2.05, 4.69) is 51.5 Å². The van der Waals surface area contributed by atoms with E-state index in [1.54, 1.807) is 5.56 Å². The van der Waals surface area contributed by atoms with Gasteiger partial charge in [-0.05, 0) is 18.4 Å². The van der Waals surface area contributed by atoms with Crippen molar-refractivity contribution in [3.8, 4) is 0 Å². The molecule has 0 spiro atoms. The zero-order valence-electron chi connectivity index (χ0n) is 10.8. The first-order valence-corrected chi connectivity index (χ1v) is 6.45. The third kappa shape index (κ3) is 2.46. The molecular formula is C15H24N+. The minimum absolute atomic E-state index is 0.759. The lowest BCUT2D eigenvalue weighted by Crippen LogP contribution is -2.49. The number of hydrogen-bond acceptors (Lipinski definition) is 0. The van der Waals surface area contributed by atoms with Crippen molar-refractivity contribution in [2.75, 3.05) is 21.1 Å². The molecule has 0 bridgehead atoms. The van der Waals surface area contributed by atoms with Gasteiger partial charge in [-0.3, -0.25) is 0 Å². The Morgan fingerprint density at radius 1 is 0.938 bits per heavy atom. The first-order valence-electron chi connectivity index (χ1n) is 6.45. The predicted molar refractivity (Wildman–Crippen MR) is 69.5 cm³/mol. The highest BCUT2D eigenvalue weighted by molar-refractivity contribution is 5.21. The fourth-order valence-corrected chi connectivity index (χ4v) is 3.13. The largest absolute Gasteiger partial charge is 0.328 e. The van der Waals surface area contributed by atoms with Crippen molar-refractivity contribution in [1.82, 2.24) is 0 Å². The van der Waals surface area contributed by atoms with E-state index in [9.17, 15) is 0 Å². The second-order valence-corrected chi connectivity index (χ2v) is 5.99. The first kappa shape index (κ1) is 11.7. The van der Waals surface area contributed by atoms with E-state index >= 15 is 0 Å². The molecule has 1 fully saturated rings. The van der Waals surface area contributed by atoms with Crippen LogP contribution in [0.5, 0.6) is 0 Å². The third-order valence-electron chi connectivity index (χ3n) is 3.95. The molecule has 2 atom stereocenters.